The molecule has 0 bridgehead atoms. The van der Waals surface area contributed by atoms with Crippen LogP contribution in [0.5, 0.6) is 0 Å². The maximum Gasteiger partial charge on any atom is 0.251 e. The Hall–Kier alpha value is -4.49. The van der Waals surface area contributed by atoms with Gasteiger partial charge in [-0.25, -0.2) is 4.39 Å². The van der Waals surface area contributed by atoms with Crippen molar-refractivity contribution >= 4 is 22.7 Å². The second-order valence-corrected chi connectivity index (χ2v) is 9.55. The Bertz CT molecular complexity index is 1690. The largest absolute Gasteiger partial charge is 0.380 e. The zero-order valence-corrected chi connectivity index (χ0v) is 21.0. The molecule has 6 nitrogen and oxygen atoms in total. The first-order valence-electron chi connectivity index (χ1n) is 12.4. The van der Waals surface area contributed by atoms with Crippen LogP contribution in [0.25, 0.3) is 22.1 Å². The number of aromatic nitrogens is 1. The predicted molar refractivity (Wildman–Crippen MR) is 144 cm³/mol. The van der Waals surface area contributed by atoms with Gasteiger partial charge in [0.2, 0.25) is 0 Å². The minimum atomic E-state index is -0.280. The van der Waals surface area contributed by atoms with Crippen LogP contribution < -0.4 is 11.1 Å². The minimum absolute atomic E-state index is 0.0169. The zero-order chi connectivity index (χ0) is 26.4. The summed E-state index contributed by atoms with van der Waals surface area (Å²) in [6.45, 7) is 2.37. The maximum atomic E-state index is 14.5. The van der Waals surface area contributed by atoms with Gasteiger partial charge in [-0.1, -0.05) is 66.7 Å². The van der Waals surface area contributed by atoms with E-state index in [0.717, 1.165) is 38.8 Å². The summed E-state index contributed by atoms with van der Waals surface area (Å²) in [5.41, 5.74) is 13.2. The molecule has 2 atom stereocenters. The van der Waals surface area contributed by atoms with Crippen LogP contribution in [0.1, 0.15) is 57.1 Å². The molecule has 4 aromatic carbocycles. The number of nitrogen functional groups attached to an aromatic ring is 1. The molecule has 190 valence electrons. The van der Waals surface area contributed by atoms with E-state index < -0.39 is 0 Å². The van der Waals surface area contributed by atoms with Gasteiger partial charge in [-0.3, -0.25) is 4.79 Å². The number of nitrogens with zero attached hydrogens (tertiary/aromatic N) is 1. The van der Waals surface area contributed by atoms with E-state index in [1.54, 1.807) is 19.2 Å². The van der Waals surface area contributed by atoms with Crippen LogP contribution in [-0.4, -0.2) is 18.2 Å². The summed E-state index contributed by atoms with van der Waals surface area (Å²) in [5, 5.41) is 7.52. The van der Waals surface area contributed by atoms with Crippen molar-refractivity contribution in [2.24, 2.45) is 0 Å². The van der Waals surface area contributed by atoms with Crippen molar-refractivity contribution in [2.75, 3.05) is 12.8 Å². The molecule has 0 aliphatic heterocycles. The standard InChI is InChI=1S/C31H26FN3O3/c1-17-25-14-18(21-7-3-4-9-27(21)32)10-12-22(25)29(37-2)23-13-11-19(15-26(17)23)31(36)34-16-20-6-5-8-24-28(20)38-35-30(24)33/h3-15,17,29H,16H2,1-2H3,(H2,33,35)(H,34,36)/t17-,29+/m1/s1. The molecule has 3 N–H and O–H groups in total. The van der Waals surface area contributed by atoms with Crippen LogP contribution in [0, 0.1) is 5.82 Å². The molecule has 6 rings (SSSR count). The van der Waals surface area contributed by atoms with Crippen LogP contribution in [0.3, 0.4) is 0 Å². The Kier molecular flexibility index (Phi) is 5.93. The number of amides is 1. The molecule has 1 aliphatic carbocycles. The average Bonchev–Trinajstić information content (AvgIpc) is 3.33. The Balaban J connectivity index is 1.31. The summed E-state index contributed by atoms with van der Waals surface area (Å²) < 4.78 is 25.8. The van der Waals surface area contributed by atoms with E-state index in [9.17, 15) is 9.18 Å². The van der Waals surface area contributed by atoms with E-state index in [2.05, 4.69) is 17.4 Å². The zero-order valence-electron chi connectivity index (χ0n) is 21.0. The van der Waals surface area contributed by atoms with Crippen LogP contribution in [0.15, 0.2) is 83.4 Å². The van der Waals surface area contributed by atoms with Gasteiger partial charge in [0, 0.05) is 36.3 Å². The van der Waals surface area contributed by atoms with Crippen LogP contribution in [-0.2, 0) is 11.3 Å². The van der Waals surface area contributed by atoms with E-state index in [0.29, 0.717) is 22.5 Å². The van der Waals surface area contributed by atoms with Gasteiger partial charge in [0.15, 0.2) is 11.4 Å². The minimum Gasteiger partial charge on any atom is -0.380 e. The SMILES string of the molecule is CO[C@@H]1c2ccc(C(=O)NCc3cccc4c(N)noc34)cc2[C@H](C)c2cc(-c3ccccc3F)ccc21. The maximum absolute atomic E-state index is 14.5. The molecule has 7 heteroatoms. The number of nitrogens with two attached hydrogens (primary N) is 1. The molecule has 38 heavy (non-hydrogen) atoms. The first kappa shape index (κ1) is 23.9. The summed E-state index contributed by atoms with van der Waals surface area (Å²) in [7, 11) is 1.68. The highest BCUT2D eigenvalue weighted by Crippen LogP contribution is 2.45. The van der Waals surface area contributed by atoms with Crippen molar-refractivity contribution < 1.29 is 18.4 Å². The number of benzene rings is 4. The molecule has 1 aliphatic rings. The van der Waals surface area contributed by atoms with Gasteiger partial charge in [-0.2, -0.15) is 0 Å². The normalized spacial score (nSPS) is 16.2. The van der Waals surface area contributed by atoms with Crippen LogP contribution in [0.2, 0.25) is 0 Å². The lowest BCUT2D eigenvalue weighted by atomic mass is 9.76. The molecule has 5 aromatic rings. The quantitative estimate of drug-likeness (QED) is 0.289. The fourth-order valence-electron chi connectivity index (χ4n) is 5.43. The summed E-state index contributed by atoms with van der Waals surface area (Å²) in [6.07, 6.45) is -0.280. The highest BCUT2D eigenvalue weighted by Gasteiger charge is 2.31. The Morgan fingerprint density at radius 2 is 1.76 bits per heavy atom. The van der Waals surface area contributed by atoms with E-state index in [1.165, 1.54) is 6.07 Å². The third-order valence-electron chi connectivity index (χ3n) is 7.40. The number of carbonyl (C=O) groups excluding carboxylic acids is 1. The number of rotatable bonds is 5. The summed E-state index contributed by atoms with van der Waals surface area (Å²) >= 11 is 0. The molecule has 0 unspecified atom stereocenters. The third kappa shape index (κ3) is 3.92. The van der Waals surface area contributed by atoms with Gasteiger partial charge in [-0.05, 0) is 52.1 Å². The molecular weight excluding hydrogens is 481 g/mol. The number of carbonyl (C=O) groups is 1. The number of nitrogens with one attached hydrogen (secondary N) is 1. The molecule has 1 heterocycles. The van der Waals surface area contributed by atoms with Crippen molar-refractivity contribution in [3.05, 3.63) is 118 Å². The highest BCUT2D eigenvalue weighted by atomic mass is 19.1. The van der Waals surface area contributed by atoms with Crippen molar-refractivity contribution in [2.45, 2.75) is 25.5 Å². The number of hydrogen-bond donors (Lipinski definition) is 2. The lowest BCUT2D eigenvalue weighted by Crippen LogP contribution is -2.24. The van der Waals surface area contributed by atoms with Crippen molar-refractivity contribution in [1.82, 2.24) is 10.5 Å². The molecule has 0 spiro atoms. The number of fused-ring (bicyclic) bond motifs is 3. The van der Waals surface area contributed by atoms with Crippen LogP contribution in [0.4, 0.5) is 10.2 Å². The Morgan fingerprint density at radius 3 is 2.55 bits per heavy atom. The lowest BCUT2D eigenvalue weighted by Gasteiger charge is -2.32. The molecule has 1 amide bonds. The van der Waals surface area contributed by atoms with Gasteiger partial charge in [-0.15, -0.1) is 0 Å². The molecule has 0 fully saturated rings. The van der Waals surface area contributed by atoms with Crippen molar-refractivity contribution in [3.8, 4) is 11.1 Å². The number of methoxy groups -OCH3 is 1. The van der Waals surface area contributed by atoms with E-state index in [1.807, 2.05) is 60.7 Å². The number of hydrogen-bond acceptors (Lipinski definition) is 5. The smallest absolute Gasteiger partial charge is 0.251 e. The van der Waals surface area contributed by atoms with Crippen LogP contribution >= 0.6 is 0 Å². The second-order valence-electron chi connectivity index (χ2n) is 9.55. The van der Waals surface area contributed by atoms with Gasteiger partial charge < -0.3 is 20.3 Å². The third-order valence-corrected chi connectivity index (χ3v) is 7.40. The van der Waals surface area contributed by atoms with Crippen molar-refractivity contribution in [1.29, 1.82) is 0 Å². The Labute approximate surface area is 219 Å². The topological polar surface area (TPSA) is 90.4 Å². The fourth-order valence-corrected chi connectivity index (χ4v) is 5.43. The second kappa shape index (κ2) is 9.43. The molecule has 0 saturated carbocycles. The molecule has 0 saturated heterocycles. The summed E-state index contributed by atoms with van der Waals surface area (Å²) in [4.78, 5) is 13.2. The monoisotopic (exact) mass is 507 g/mol. The predicted octanol–water partition coefficient (Wildman–Crippen LogP) is 6.35. The van der Waals surface area contributed by atoms with Gasteiger partial charge in [0.05, 0.1) is 5.39 Å². The van der Waals surface area contributed by atoms with E-state index >= 15 is 0 Å². The first-order chi connectivity index (χ1) is 18.5. The summed E-state index contributed by atoms with van der Waals surface area (Å²) in [5.74, 6) is -0.161. The summed E-state index contributed by atoms with van der Waals surface area (Å²) in [6, 6.07) is 24.0. The number of halogens is 1. The lowest BCUT2D eigenvalue weighted by molar-refractivity contribution is 0.0950. The fraction of sp³-hybridized carbons (Fsp3) is 0.161. The first-order valence-corrected chi connectivity index (χ1v) is 12.4. The molecule has 1 aromatic heterocycles. The number of anilines is 1. The number of para-hydroxylation sites is 1. The van der Waals surface area contributed by atoms with E-state index in [-0.39, 0.29) is 30.3 Å². The molecule has 0 radical (unpaired) electrons. The average molecular weight is 508 g/mol. The van der Waals surface area contributed by atoms with Gasteiger partial charge in [0.25, 0.3) is 5.91 Å². The van der Waals surface area contributed by atoms with E-state index in [4.69, 9.17) is 15.0 Å². The number of ether oxygens (including phenoxy) is 1. The van der Waals surface area contributed by atoms with Crippen molar-refractivity contribution in [3.63, 3.8) is 0 Å². The van der Waals surface area contributed by atoms with Gasteiger partial charge >= 0.3 is 0 Å². The highest BCUT2D eigenvalue weighted by molar-refractivity contribution is 5.95. The molecular formula is C31H26FN3O3. The van der Waals surface area contributed by atoms with Gasteiger partial charge in [0.1, 0.15) is 11.9 Å². The Morgan fingerprint density at radius 1 is 1.00 bits per heavy atom.